The van der Waals surface area contributed by atoms with Crippen molar-refractivity contribution in [3.63, 3.8) is 0 Å². The maximum atomic E-state index is 8.35. The maximum Gasteiger partial charge on any atom is 0.116 e. The zero-order valence-electron chi connectivity index (χ0n) is 7.92. The molecule has 2 N–H and O–H groups in total. The van der Waals surface area contributed by atoms with E-state index in [-0.39, 0.29) is 0 Å². The van der Waals surface area contributed by atoms with Crippen molar-refractivity contribution < 1.29 is 4.74 Å². The van der Waals surface area contributed by atoms with E-state index in [1.54, 1.807) is 0 Å². The molecule has 3 nitrogen and oxygen atoms in total. The van der Waals surface area contributed by atoms with Gasteiger partial charge in [-0.05, 0) is 12.3 Å². The van der Waals surface area contributed by atoms with Crippen LogP contribution in [-0.4, -0.2) is 19.3 Å². The molecule has 0 heterocycles. The molecule has 0 radical (unpaired) electrons. The first-order chi connectivity index (χ1) is 5.70. The van der Waals surface area contributed by atoms with Crippen molar-refractivity contribution in [3.8, 4) is 6.07 Å². The first-order valence-corrected chi connectivity index (χ1v) is 4.43. The Hall–Kier alpha value is -0.590. The lowest BCUT2D eigenvalue weighted by Crippen LogP contribution is -2.25. The highest BCUT2D eigenvalue weighted by atomic mass is 16.5. The molecule has 2 atom stereocenters. The summed E-state index contributed by atoms with van der Waals surface area (Å²) in [7, 11) is 0. The van der Waals surface area contributed by atoms with Crippen molar-refractivity contribution in [2.45, 2.75) is 32.7 Å². The molecule has 2 unspecified atom stereocenters. The minimum Gasteiger partial charge on any atom is -0.378 e. The fourth-order valence-corrected chi connectivity index (χ4v) is 1.01. The average Bonchev–Trinajstić information content (AvgIpc) is 2.04. The number of nitriles is 1. The molecule has 0 amide bonds. The summed E-state index contributed by atoms with van der Waals surface area (Å²) < 4.78 is 5.25. The molecular weight excluding hydrogens is 152 g/mol. The lowest BCUT2D eigenvalue weighted by Gasteiger charge is -2.10. The van der Waals surface area contributed by atoms with Gasteiger partial charge in [-0.15, -0.1) is 0 Å². The van der Waals surface area contributed by atoms with Gasteiger partial charge in [-0.2, -0.15) is 5.26 Å². The summed E-state index contributed by atoms with van der Waals surface area (Å²) in [6.45, 7) is 5.35. The summed E-state index contributed by atoms with van der Waals surface area (Å²) in [5.74, 6) is 0.570. The number of hydrogen-bond acceptors (Lipinski definition) is 3. The monoisotopic (exact) mass is 170 g/mol. The molecule has 0 saturated heterocycles. The van der Waals surface area contributed by atoms with Crippen LogP contribution in [0, 0.1) is 17.2 Å². The molecule has 0 aliphatic carbocycles. The van der Waals surface area contributed by atoms with Crippen LogP contribution in [0.2, 0.25) is 0 Å². The van der Waals surface area contributed by atoms with Crippen LogP contribution in [0.25, 0.3) is 0 Å². The van der Waals surface area contributed by atoms with Crippen molar-refractivity contribution in [1.29, 1.82) is 5.26 Å². The molecule has 12 heavy (non-hydrogen) atoms. The van der Waals surface area contributed by atoms with Gasteiger partial charge in [0.05, 0.1) is 12.7 Å². The molecule has 0 saturated carbocycles. The van der Waals surface area contributed by atoms with Gasteiger partial charge in [0.2, 0.25) is 0 Å². The number of nitrogens with zero attached hydrogens (tertiary/aromatic N) is 1. The van der Waals surface area contributed by atoms with Crippen LogP contribution >= 0.6 is 0 Å². The Morgan fingerprint density at radius 2 is 2.17 bits per heavy atom. The predicted octanol–water partition coefficient (Wildman–Crippen LogP) is 1.29. The molecule has 0 aromatic heterocycles. The summed E-state index contributed by atoms with van der Waals surface area (Å²) in [4.78, 5) is 0. The highest BCUT2D eigenvalue weighted by Gasteiger charge is 2.03. The van der Waals surface area contributed by atoms with Gasteiger partial charge in [0.25, 0.3) is 0 Å². The third kappa shape index (κ3) is 6.14. The van der Waals surface area contributed by atoms with Gasteiger partial charge in [-0.3, -0.25) is 0 Å². The van der Waals surface area contributed by atoms with E-state index in [9.17, 15) is 0 Å². The molecule has 0 rings (SSSR count). The van der Waals surface area contributed by atoms with Crippen molar-refractivity contribution in [1.82, 2.24) is 0 Å². The molecule has 0 aliphatic rings. The average molecular weight is 170 g/mol. The summed E-state index contributed by atoms with van der Waals surface area (Å²) in [5, 5.41) is 8.35. The van der Waals surface area contributed by atoms with Gasteiger partial charge in [0.1, 0.15) is 6.04 Å². The summed E-state index contributed by atoms with van der Waals surface area (Å²) in [5.41, 5.74) is 5.35. The molecule has 0 aromatic carbocycles. The summed E-state index contributed by atoms with van der Waals surface area (Å²) in [6.07, 6.45) is 2.34. The Morgan fingerprint density at radius 1 is 1.50 bits per heavy atom. The molecular formula is C9H18N2O. The Kier molecular flexibility index (Phi) is 6.73. The Bertz CT molecular complexity index is 142. The molecule has 0 fully saturated rings. The van der Waals surface area contributed by atoms with Crippen LogP contribution in [0.4, 0.5) is 0 Å². The van der Waals surface area contributed by atoms with Gasteiger partial charge < -0.3 is 10.5 Å². The van der Waals surface area contributed by atoms with Crippen LogP contribution < -0.4 is 5.73 Å². The molecule has 70 valence electrons. The lowest BCUT2D eigenvalue weighted by atomic mass is 10.1. The molecule has 0 aromatic rings. The fraction of sp³-hybridized carbons (Fsp3) is 0.889. The molecule has 0 spiro atoms. The topological polar surface area (TPSA) is 59.0 Å². The third-order valence-corrected chi connectivity index (χ3v) is 1.65. The first kappa shape index (κ1) is 11.4. The fourth-order valence-electron chi connectivity index (χ4n) is 1.01. The zero-order valence-corrected chi connectivity index (χ0v) is 7.92. The van der Waals surface area contributed by atoms with E-state index >= 15 is 0 Å². The van der Waals surface area contributed by atoms with Gasteiger partial charge in [-0.1, -0.05) is 20.3 Å². The predicted molar refractivity (Wildman–Crippen MR) is 48.5 cm³/mol. The van der Waals surface area contributed by atoms with Gasteiger partial charge >= 0.3 is 0 Å². The SMILES string of the molecule is CCCC(C)COCC(N)C#N. The minimum absolute atomic E-state index is 0.352. The standard InChI is InChI=1S/C9H18N2O/c1-3-4-8(2)6-12-7-9(11)5-10/h8-9H,3-4,6-7,11H2,1-2H3. The number of rotatable bonds is 6. The van der Waals surface area contributed by atoms with Crippen LogP contribution in [0.3, 0.4) is 0 Å². The number of hydrogen-bond donors (Lipinski definition) is 1. The van der Waals surface area contributed by atoms with Crippen molar-refractivity contribution in [2.75, 3.05) is 13.2 Å². The van der Waals surface area contributed by atoms with E-state index in [2.05, 4.69) is 13.8 Å². The normalized spacial score (nSPS) is 15.2. The minimum atomic E-state index is -0.473. The lowest BCUT2D eigenvalue weighted by molar-refractivity contribution is 0.0990. The van der Waals surface area contributed by atoms with E-state index < -0.39 is 6.04 Å². The second kappa shape index (κ2) is 7.08. The second-order valence-electron chi connectivity index (χ2n) is 3.17. The third-order valence-electron chi connectivity index (χ3n) is 1.65. The van der Waals surface area contributed by atoms with Gasteiger partial charge in [0, 0.05) is 6.61 Å². The van der Waals surface area contributed by atoms with E-state index in [4.69, 9.17) is 15.7 Å². The molecule has 3 heteroatoms. The van der Waals surface area contributed by atoms with Gasteiger partial charge in [-0.25, -0.2) is 0 Å². The van der Waals surface area contributed by atoms with Crippen LogP contribution in [-0.2, 0) is 4.74 Å². The van der Waals surface area contributed by atoms with E-state index in [0.717, 1.165) is 0 Å². The van der Waals surface area contributed by atoms with Crippen LogP contribution in [0.5, 0.6) is 0 Å². The Morgan fingerprint density at radius 3 is 2.67 bits per heavy atom. The van der Waals surface area contributed by atoms with Crippen LogP contribution in [0.1, 0.15) is 26.7 Å². The van der Waals surface area contributed by atoms with Crippen molar-refractivity contribution in [2.24, 2.45) is 11.7 Å². The Labute approximate surface area is 74.5 Å². The second-order valence-corrected chi connectivity index (χ2v) is 3.17. The highest BCUT2D eigenvalue weighted by Crippen LogP contribution is 2.04. The molecule has 0 bridgehead atoms. The van der Waals surface area contributed by atoms with E-state index in [1.165, 1.54) is 12.8 Å². The number of nitrogens with two attached hydrogens (primary N) is 1. The van der Waals surface area contributed by atoms with Gasteiger partial charge in [0.15, 0.2) is 0 Å². The summed E-state index contributed by atoms with van der Waals surface area (Å²) in [6, 6.07) is 1.45. The smallest absolute Gasteiger partial charge is 0.116 e. The van der Waals surface area contributed by atoms with Crippen LogP contribution in [0.15, 0.2) is 0 Å². The van der Waals surface area contributed by atoms with Crippen molar-refractivity contribution in [3.05, 3.63) is 0 Å². The van der Waals surface area contributed by atoms with E-state index in [0.29, 0.717) is 19.1 Å². The Balaban J connectivity index is 3.25. The highest BCUT2D eigenvalue weighted by molar-refractivity contribution is 4.85. The van der Waals surface area contributed by atoms with E-state index in [1.807, 2.05) is 6.07 Å². The maximum absolute atomic E-state index is 8.35. The number of ether oxygens (including phenoxy) is 1. The molecule has 0 aliphatic heterocycles. The summed E-state index contributed by atoms with van der Waals surface area (Å²) >= 11 is 0. The zero-order chi connectivity index (χ0) is 9.40. The largest absolute Gasteiger partial charge is 0.378 e. The van der Waals surface area contributed by atoms with Crippen molar-refractivity contribution >= 4 is 0 Å². The first-order valence-electron chi connectivity index (χ1n) is 4.43. The quantitative estimate of drug-likeness (QED) is 0.653.